The molecule has 0 fully saturated rings. The number of H-pyrrole nitrogens is 1. The number of para-hydroxylation sites is 1. The highest BCUT2D eigenvalue weighted by atomic mass is 19.1. The molecular weight excluding hydrogens is 351 g/mol. The topological polar surface area (TPSA) is 88.6 Å². The van der Waals surface area contributed by atoms with Crippen LogP contribution in [-0.2, 0) is 6.61 Å². The van der Waals surface area contributed by atoms with E-state index in [1.54, 1.807) is 43.5 Å². The SMILES string of the molecule is COc1ccc(C=NNC(=O)c2ccn[nH]2)cc1COc1ccccc1F. The second kappa shape index (κ2) is 8.61. The number of aromatic nitrogens is 2. The van der Waals surface area contributed by atoms with E-state index in [1.165, 1.54) is 24.5 Å². The first kappa shape index (κ1) is 18.1. The minimum atomic E-state index is -0.435. The Kier molecular flexibility index (Phi) is 5.78. The van der Waals surface area contributed by atoms with E-state index in [4.69, 9.17) is 9.47 Å². The van der Waals surface area contributed by atoms with Crippen LogP contribution in [0.2, 0.25) is 0 Å². The molecule has 0 aliphatic carbocycles. The van der Waals surface area contributed by atoms with Crippen LogP contribution < -0.4 is 14.9 Å². The summed E-state index contributed by atoms with van der Waals surface area (Å²) in [4.78, 5) is 11.8. The van der Waals surface area contributed by atoms with E-state index in [-0.39, 0.29) is 12.4 Å². The fraction of sp³-hybridized carbons (Fsp3) is 0.105. The van der Waals surface area contributed by atoms with Crippen LogP contribution in [0.25, 0.3) is 0 Å². The van der Waals surface area contributed by atoms with Gasteiger partial charge >= 0.3 is 0 Å². The van der Waals surface area contributed by atoms with Crippen LogP contribution in [0.5, 0.6) is 11.5 Å². The Morgan fingerprint density at radius 3 is 2.85 bits per heavy atom. The van der Waals surface area contributed by atoms with E-state index in [0.29, 0.717) is 22.6 Å². The molecule has 0 atom stereocenters. The average molecular weight is 368 g/mol. The van der Waals surface area contributed by atoms with E-state index in [2.05, 4.69) is 20.7 Å². The highest BCUT2D eigenvalue weighted by Crippen LogP contribution is 2.23. The number of rotatable bonds is 7. The lowest BCUT2D eigenvalue weighted by atomic mass is 10.1. The summed E-state index contributed by atoms with van der Waals surface area (Å²) in [6.07, 6.45) is 2.96. The van der Waals surface area contributed by atoms with Gasteiger partial charge in [-0.1, -0.05) is 12.1 Å². The Hall–Kier alpha value is -3.68. The highest BCUT2D eigenvalue weighted by molar-refractivity contribution is 5.93. The summed E-state index contributed by atoms with van der Waals surface area (Å²) in [5.74, 6) is -0.0773. The molecule has 1 aromatic heterocycles. The number of ether oxygens (including phenoxy) is 2. The summed E-state index contributed by atoms with van der Waals surface area (Å²) in [6, 6.07) is 13.0. The number of carbonyl (C=O) groups excluding carboxylic acids is 1. The van der Waals surface area contributed by atoms with Gasteiger partial charge in [0.05, 0.1) is 13.3 Å². The zero-order valence-electron chi connectivity index (χ0n) is 14.5. The predicted octanol–water partition coefficient (Wildman–Crippen LogP) is 2.90. The van der Waals surface area contributed by atoms with Crippen molar-refractivity contribution in [2.24, 2.45) is 5.10 Å². The largest absolute Gasteiger partial charge is 0.496 e. The van der Waals surface area contributed by atoms with E-state index in [9.17, 15) is 9.18 Å². The zero-order valence-corrected chi connectivity index (χ0v) is 14.5. The second-order valence-corrected chi connectivity index (χ2v) is 5.46. The molecule has 0 aliphatic rings. The van der Waals surface area contributed by atoms with Gasteiger partial charge in [0.15, 0.2) is 11.6 Å². The first-order valence-electron chi connectivity index (χ1n) is 8.04. The Bertz CT molecular complexity index is 942. The third kappa shape index (κ3) is 4.69. The van der Waals surface area contributed by atoms with Gasteiger partial charge in [-0.05, 0) is 42.0 Å². The molecule has 0 bridgehead atoms. The lowest BCUT2D eigenvalue weighted by Gasteiger charge is -2.11. The molecule has 27 heavy (non-hydrogen) atoms. The summed E-state index contributed by atoms with van der Waals surface area (Å²) in [6.45, 7) is 0.117. The Morgan fingerprint density at radius 1 is 1.26 bits per heavy atom. The Morgan fingerprint density at radius 2 is 2.11 bits per heavy atom. The quantitative estimate of drug-likeness (QED) is 0.496. The van der Waals surface area contributed by atoms with Crippen LogP contribution in [0, 0.1) is 5.82 Å². The minimum absolute atomic E-state index is 0.117. The molecule has 2 N–H and O–H groups in total. The smallest absolute Gasteiger partial charge is 0.289 e. The maximum Gasteiger partial charge on any atom is 0.289 e. The van der Waals surface area contributed by atoms with Crippen molar-refractivity contribution in [2.75, 3.05) is 7.11 Å². The molecule has 0 radical (unpaired) electrons. The van der Waals surface area contributed by atoms with Crippen molar-refractivity contribution in [1.29, 1.82) is 0 Å². The van der Waals surface area contributed by atoms with Gasteiger partial charge in [0.25, 0.3) is 5.91 Å². The van der Waals surface area contributed by atoms with Crippen LogP contribution in [-0.4, -0.2) is 29.4 Å². The second-order valence-electron chi connectivity index (χ2n) is 5.46. The van der Waals surface area contributed by atoms with Crippen molar-refractivity contribution in [1.82, 2.24) is 15.6 Å². The molecule has 8 heteroatoms. The normalized spacial score (nSPS) is 10.7. The van der Waals surface area contributed by atoms with Gasteiger partial charge in [-0.15, -0.1) is 0 Å². The van der Waals surface area contributed by atoms with Gasteiger partial charge in [0, 0.05) is 11.8 Å². The first-order chi connectivity index (χ1) is 13.2. The van der Waals surface area contributed by atoms with Crippen LogP contribution >= 0.6 is 0 Å². The fourth-order valence-corrected chi connectivity index (χ4v) is 2.32. The fourth-order valence-electron chi connectivity index (χ4n) is 2.32. The summed E-state index contributed by atoms with van der Waals surface area (Å²) < 4.78 is 24.5. The summed E-state index contributed by atoms with van der Waals surface area (Å²) in [5, 5.41) is 10.2. The predicted molar refractivity (Wildman–Crippen MR) is 97.4 cm³/mol. The Balaban J connectivity index is 1.68. The molecule has 3 rings (SSSR count). The molecule has 0 unspecified atom stereocenters. The third-order valence-electron chi connectivity index (χ3n) is 3.65. The van der Waals surface area contributed by atoms with Crippen molar-refractivity contribution in [2.45, 2.75) is 6.61 Å². The third-order valence-corrected chi connectivity index (χ3v) is 3.65. The molecule has 1 amide bonds. The van der Waals surface area contributed by atoms with Crippen LogP contribution in [0.3, 0.4) is 0 Å². The number of carbonyl (C=O) groups is 1. The number of methoxy groups -OCH3 is 1. The highest BCUT2D eigenvalue weighted by Gasteiger charge is 2.08. The molecular formula is C19H17FN4O3. The van der Waals surface area contributed by atoms with Crippen molar-refractivity contribution < 1.29 is 18.7 Å². The van der Waals surface area contributed by atoms with Crippen LogP contribution in [0.1, 0.15) is 21.6 Å². The lowest BCUT2D eigenvalue weighted by Crippen LogP contribution is -2.18. The number of nitrogens with one attached hydrogen (secondary N) is 2. The van der Waals surface area contributed by atoms with Gasteiger partial charge in [0.2, 0.25) is 0 Å². The maximum absolute atomic E-state index is 13.7. The van der Waals surface area contributed by atoms with E-state index < -0.39 is 11.7 Å². The first-order valence-corrected chi connectivity index (χ1v) is 8.04. The standard InChI is InChI=1S/C19H17FN4O3/c1-26-17-7-6-13(11-22-24-19(25)16-8-9-21-23-16)10-14(17)12-27-18-5-3-2-4-15(18)20/h2-11H,12H2,1H3,(H,21,23)(H,24,25). The molecule has 7 nitrogen and oxygen atoms in total. The molecule has 2 aromatic carbocycles. The van der Waals surface area contributed by atoms with Crippen LogP contribution in [0.4, 0.5) is 4.39 Å². The molecule has 3 aromatic rings. The zero-order chi connectivity index (χ0) is 19.1. The monoisotopic (exact) mass is 368 g/mol. The maximum atomic E-state index is 13.7. The van der Waals surface area contributed by atoms with E-state index >= 15 is 0 Å². The number of aromatic amines is 1. The van der Waals surface area contributed by atoms with Gasteiger partial charge < -0.3 is 9.47 Å². The van der Waals surface area contributed by atoms with Crippen molar-refractivity contribution in [3.63, 3.8) is 0 Å². The number of benzene rings is 2. The molecule has 138 valence electrons. The summed E-state index contributed by atoms with van der Waals surface area (Å²) in [5.41, 5.74) is 4.13. The number of hydrazone groups is 1. The number of hydrogen-bond acceptors (Lipinski definition) is 5. The van der Waals surface area contributed by atoms with E-state index in [1.807, 2.05) is 0 Å². The molecule has 0 aliphatic heterocycles. The minimum Gasteiger partial charge on any atom is -0.496 e. The number of amides is 1. The number of nitrogens with zero attached hydrogens (tertiary/aromatic N) is 2. The molecule has 0 spiro atoms. The van der Waals surface area contributed by atoms with Crippen molar-refractivity contribution in [3.8, 4) is 11.5 Å². The molecule has 0 saturated carbocycles. The van der Waals surface area contributed by atoms with Gasteiger partial charge in [-0.3, -0.25) is 9.89 Å². The average Bonchev–Trinajstić information content (AvgIpc) is 3.22. The van der Waals surface area contributed by atoms with Gasteiger partial charge in [-0.2, -0.15) is 10.2 Å². The number of hydrogen-bond donors (Lipinski definition) is 2. The van der Waals surface area contributed by atoms with Gasteiger partial charge in [-0.25, -0.2) is 9.82 Å². The van der Waals surface area contributed by atoms with Crippen molar-refractivity contribution in [3.05, 3.63) is 77.4 Å². The summed E-state index contributed by atoms with van der Waals surface area (Å²) in [7, 11) is 1.54. The van der Waals surface area contributed by atoms with Gasteiger partial charge in [0.1, 0.15) is 18.1 Å². The lowest BCUT2D eigenvalue weighted by molar-refractivity contribution is 0.0950. The van der Waals surface area contributed by atoms with E-state index in [0.717, 1.165) is 0 Å². The van der Waals surface area contributed by atoms with Crippen molar-refractivity contribution >= 4 is 12.1 Å². The van der Waals surface area contributed by atoms with Crippen LogP contribution in [0.15, 0.2) is 59.8 Å². The molecule has 1 heterocycles. The number of halogens is 1. The summed E-state index contributed by atoms with van der Waals surface area (Å²) >= 11 is 0. The Labute approximate surface area is 154 Å². The molecule has 0 saturated heterocycles.